The SMILES string of the molecule is COc1cc(-c2cn(C)c(=O)c3[nH]ncc23)cc(OC)c1CNCC(=O)NCC(C)CCN1CCN(c2ccc(NC3CCC(=O)NC3=O)cc2)CC1. The third-order valence-corrected chi connectivity index (χ3v) is 10.1. The molecule has 2 aromatic carbocycles. The standard InChI is InChI=1S/C38H49N9O6/c1-24(11-12-46-13-15-47(16-14-46)27-7-5-26(6-8-27)42-31-9-10-34(48)43-37(31)50)19-40-35(49)22-39-20-29-32(52-3)17-25(18-33(29)53-4)30-23-45(2)38(51)36-28(30)21-41-44-36/h5-8,17-18,21,23-24,31,39,42H,9-16,19-20,22H2,1-4H3,(H,40,49)(H,41,44)(H,43,48,50). The third kappa shape index (κ3) is 8.98. The van der Waals surface area contributed by atoms with Crippen molar-refractivity contribution < 1.29 is 23.9 Å². The Morgan fingerprint density at radius 2 is 1.75 bits per heavy atom. The van der Waals surface area contributed by atoms with Crippen molar-refractivity contribution in [2.75, 3.05) is 70.2 Å². The fraction of sp³-hybridized carbons (Fsp3) is 0.447. The van der Waals surface area contributed by atoms with Gasteiger partial charge in [0.05, 0.1) is 27.0 Å². The Hall–Kier alpha value is -5.41. The number of methoxy groups -OCH3 is 2. The second-order valence-corrected chi connectivity index (χ2v) is 13.8. The lowest BCUT2D eigenvalue weighted by molar-refractivity contribution is -0.133. The quantitative estimate of drug-likeness (QED) is 0.114. The summed E-state index contributed by atoms with van der Waals surface area (Å²) in [6.45, 7) is 8.02. The number of piperidine rings is 1. The van der Waals surface area contributed by atoms with Gasteiger partial charge in [0.1, 0.15) is 23.1 Å². The van der Waals surface area contributed by atoms with Gasteiger partial charge in [0, 0.05) is 86.8 Å². The van der Waals surface area contributed by atoms with Crippen LogP contribution in [0.2, 0.25) is 0 Å². The van der Waals surface area contributed by atoms with Crippen LogP contribution in [0.3, 0.4) is 0 Å². The zero-order chi connectivity index (χ0) is 37.5. The maximum absolute atomic E-state index is 12.7. The van der Waals surface area contributed by atoms with Crippen LogP contribution in [0.5, 0.6) is 11.5 Å². The summed E-state index contributed by atoms with van der Waals surface area (Å²) in [5.41, 5.74) is 4.69. The first-order valence-electron chi connectivity index (χ1n) is 18.1. The van der Waals surface area contributed by atoms with E-state index in [4.69, 9.17) is 9.47 Å². The molecular formula is C38H49N9O6. The molecule has 2 fully saturated rings. The lowest BCUT2D eigenvalue weighted by Crippen LogP contribution is -2.47. The number of H-pyrrole nitrogens is 1. The fourth-order valence-corrected chi connectivity index (χ4v) is 6.88. The molecule has 4 heterocycles. The zero-order valence-corrected chi connectivity index (χ0v) is 30.8. The van der Waals surface area contributed by atoms with E-state index in [2.05, 4.69) is 60.3 Å². The van der Waals surface area contributed by atoms with E-state index in [1.54, 1.807) is 33.7 Å². The molecule has 282 valence electrons. The number of pyridine rings is 1. The predicted octanol–water partition coefficient (Wildman–Crippen LogP) is 2.22. The van der Waals surface area contributed by atoms with Gasteiger partial charge < -0.3 is 34.9 Å². The number of nitrogens with one attached hydrogen (secondary N) is 5. The maximum Gasteiger partial charge on any atom is 0.276 e. The van der Waals surface area contributed by atoms with Crippen molar-refractivity contribution >= 4 is 40.0 Å². The number of hydrogen-bond acceptors (Lipinski definition) is 11. The second kappa shape index (κ2) is 16.9. The lowest BCUT2D eigenvalue weighted by atomic mass is 10.0. The Morgan fingerprint density at radius 1 is 1.04 bits per heavy atom. The number of benzene rings is 2. The molecule has 4 aromatic rings. The summed E-state index contributed by atoms with van der Waals surface area (Å²) in [6.07, 6.45) is 5.24. The van der Waals surface area contributed by atoms with Crippen LogP contribution in [0.25, 0.3) is 22.0 Å². The molecule has 2 aromatic heterocycles. The summed E-state index contributed by atoms with van der Waals surface area (Å²) < 4.78 is 13.0. The highest BCUT2D eigenvalue weighted by atomic mass is 16.5. The van der Waals surface area contributed by atoms with Gasteiger partial charge in [-0.05, 0) is 67.3 Å². The number of ether oxygens (including phenoxy) is 2. The van der Waals surface area contributed by atoms with Gasteiger partial charge in [-0.2, -0.15) is 5.10 Å². The number of aromatic amines is 1. The number of piperazine rings is 1. The summed E-state index contributed by atoms with van der Waals surface area (Å²) >= 11 is 0. The first kappa shape index (κ1) is 37.4. The van der Waals surface area contributed by atoms with Crippen LogP contribution in [0.4, 0.5) is 11.4 Å². The van der Waals surface area contributed by atoms with Crippen LogP contribution in [0.1, 0.15) is 31.7 Å². The van der Waals surface area contributed by atoms with Gasteiger partial charge >= 0.3 is 0 Å². The van der Waals surface area contributed by atoms with Gasteiger partial charge in [0.2, 0.25) is 17.7 Å². The summed E-state index contributed by atoms with van der Waals surface area (Å²) in [5.74, 6) is 0.962. The van der Waals surface area contributed by atoms with Crippen LogP contribution in [-0.4, -0.2) is 103 Å². The molecule has 0 saturated carbocycles. The number of imide groups is 1. The Balaban J connectivity index is 0.909. The van der Waals surface area contributed by atoms with E-state index in [1.165, 1.54) is 4.57 Å². The van der Waals surface area contributed by atoms with Crippen molar-refractivity contribution in [3.05, 3.63) is 64.7 Å². The van der Waals surface area contributed by atoms with Crippen LogP contribution >= 0.6 is 0 Å². The minimum Gasteiger partial charge on any atom is -0.496 e. The normalized spacial score (nSPS) is 17.1. The summed E-state index contributed by atoms with van der Waals surface area (Å²) in [4.78, 5) is 53.6. The first-order valence-corrected chi connectivity index (χ1v) is 18.1. The highest BCUT2D eigenvalue weighted by molar-refractivity contribution is 6.01. The Morgan fingerprint density at radius 3 is 2.43 bits per heavy atom. The molecular weight excluding hydrogens is 678 g/mol. The zero-order valence-electron chi connectivity index (χ0n) is 30.8. The third-order valence-electron chi connectivity index (χ3n) is 10.1. The van der Waals surface area contributed by atoms with E-state index >= 15 is 0 Å². The van der Waals surface area contributed by atoms with Gasteiger partial charge in [-0.25, -0.2) is 0 Å². The minimum atomic E-state index is -0.393. The van der Waals surface area contributed by atoms with Crippen LogP contribution in [-0.2, 0) is 28.0 Å². The summed E-state index contributed by atoms with van der Waals surface area (Å²) in [5, 5.41) is 19.5. The number of rotatable bonds is 15. The average molecular weight is 728 g/mol. The number of anilines is 2. The van der Waals surface area contributed by atoms with Gasteiger partial charge in [-0.3, -0.25) is 34.5 Å². The predicted molar refractivity (Wildman–Crippen MR) is 203 cm³/mol. The molecule has 5 N–H and O–H groups in total. The maximum atomic E-state index is 12.7. The van der Waals surface area contributed by atoms with Crippen LogP contribution in [0.15, 0.2) is 53.6 Å². The van der Waals surface area contributed by atoms with Gasteiger partial charge in [-0.1, -0.05) is 6.92 Å². The molecule has 3 amide bonds. The molecule has 0 radical (unpaired) electrons. The Kier molecular flexibility index (Phi) is 11.9. The number of hydrogen-bond donors (Lipinski definition) is 5. The molecule has 6 rings (SSSR count). The number of fused-ring (bicyclic) bond motifs is 1. The number of carbonyl (C=O) groups is 3. The second-order valence-electron chi connectivity index (χ2n) is 13.8. The van der Waals surface area contributed by atoms with Crippen molar-refractivity contribution in [2.45, 2.75) is 38.8 Å². The molecule has 0 bridgehead atoms. The van der Waals surface area contributed by atoms with Gasteiger partial charge in [-0.15, -0.1) is 0 Å². The number of aryl methyl sites for hydroxylation is 1. The molecule has 0 aliphatic carbocycles. The monoisotopic (exact) mass is 727 g/mol. The summed E-state index contributed by atoms with van der Waals surface area (Å²) in [6, 6.07) is 11.5. The van der Waals surface area contributed by atoms with E-state index < -0.39 is 6.04 Å². The number of amides is 3. The van der Waals surface area contributed by atoms with E-state index in [1.807, 2.05) is 24.3 Å². The van der Waals surface area contributed by atoms with Crippen molar-refractivity contribution in [1.29, 1.82) is 0 Å². The molecule has 15 nitrogen and oxygen atoms in total. The van der Waals surface area contributed by atoms with E-state index in [-0.39, 0.29) is 29.8 Å². The van der Waals surface area contributed by atoms with Gasteiger partial charge in [0.15, 0.2) is 0 Å². The molecule has 2 aliphatic heterocycles. The van der Waals surface area contributed by atoms with Crippen molar-refractivity contribution in [3.8, 4) is 22.6 Å². The first-order chi connectivity index (χ1) is 25.6. The van der Waals surface area contributed by atoms with Crippen molar-refractivity contribution in [2.24, 2.45) is 13.0 Å². The van der Waals surface area contributed by atoms with Gasteiger partial charge in [0.25, 0.3) is 5.56 Å². The summed E-state index contributed by atoms with van der Waals surface area (Å²) in [7, 11) is 4.88. The molecule has 15 heteroatoms. The molecule has 2 unspecified atom stereocenters. The molecule has 2 aliphatic rings. The van der Waals surface area contributed by atoms with Crippen LogP contribution in [0, 0.1) is 5.92 Å². The van der Waals surface area contributed by atoms with E-state index in [0.29, 0.717) is 54.3 Å². The number of aromatic nitrogens is 3. The lowest BCUT2D eigenvalue weighted by Gasteiger charge is -2.36. The smallest absolute Gasteiger partial charge is 0.276 e. The van der Waals surface area contributed by atoms with Crippen molar-refractivity contribution in [3.63, 3.8) is 0 Å². The largest absolute Gasteiger partial charge is 0.496 e. The molecule has 2 saturated heterocycles. The fourth-order valence-electron chi connectivity index (χ4n) is 6.88. The minimum absolute atomic E-state index is 0.0779. The molecule has 53 heavy (non-hydrogen) atoms. The Labute approximate surface area is 308 Å². The molecule has 2 atom stereocenters. The van der Waals surface area contributed by atoms with Crippen LogP contribution < -0.4 is 41.2 Å². The highest BCUT2D eigenvalue weighted by Gasteiger charge is 2.26. The highest BCUT2D eigenvalue weighted by Crippen LogP contribution is 2.37. The van der Waals surface area contributed by atoms with E-state index in [9.17, 15) is 19.2 Å². The number of nitrogens with zero attached hydrogens (tertiary/aromatic N) is 4. The Bertz CT molecular complexity index is 1960. The van der Waals surface area contributed by atoms with E-state index in [0.717, 1.165) is 67.2 Å². The average Bonchev–Trinajstić information content (AvgIpc) is 3.67. The van der Waals surface area contributed by atoms with Crippen molar-refractivity contribution in [1.82, 2.24) is 35.6 Å². The molecule has 0 spiro atoms. The topological polar surface area (TPSA) is 175 Å². The number of carbonyl (C=O) groups excluding carboxylic acids is 3.